The summed E-state index contributed by atoms with van der Waals surface area (Å²) in [6.45, 7) is 13.7. The average Bonchev–Trinajstić information content (AvgIpc) is 3.29. The molecular weight excluding hydrogens is 350 g/mol. The first-order valence-corrected chi connectivity index (χ1v) is 10.8. The van der Waals surface area contributed by atoms with Crippen LogP contribution in [0.4, 0.5) is 0 Å². The fourth-order valence-electron chi connectivity index (χ4n) is 4.65. The average molecular weight is 386 g/mol. The third kappa shape index (κ3) is 5.17. The van der Waals surface area contributed by atoms with E-state index in [1.807, 2.05) is 0 Å². The smallest absolute Gasteiger partial charge is 0.169 e. The van der Waals surface area contributed by atoms with E-state index in [4.69, 9.17) is 0 Å². The lowest BCUT2D eigenvalue weighted by Gasteiger charge is -2.34. The molecule has 3 saturated heterocycles. The van der Waals surface area contributed by atoms with Gasteiger partial charge in [0.15, 0.2) is 5.57 Å². The van der Waals surface area contributed by atoms with E-state index in [0.717, 1.165) is 77.7 Å². The van der Waals surface area contributed by atoms with Gasteiger partial charge in [0.25, 0.3) is 0 Å². The molecule has 0 bridgehead atoms. The van der Waals surface area contributed by atoms with Crippen LogP contribution in [0.1, 0.15) is 26.2 Å². The van der Waals surface area contributed by atoms with Crippen molar-refractivity contribution in [2.45, 2.75) is 32.2 Å². The van der Waals surface area contributed by atoms with Gasteiger partial charge in [0, 0.05) is 71.5 Å². The number of piperazine rings is 1. The summed E-state index contributed by atoms with van der Waals surface area (Å²) in [5, 5.41) is 19.0. The Morgan fingerprint density at radius 3 is 2.18 bits per heavy atom. The topological polar surface area (TPSA) is 63.8 Å². The number of hydrogen-bond acceptors (Lipinski definition) is 7. The molecule has 7 nitrogen and oxygen atoms in total. The molecule has 7 heteroatoms. The van der Waals surface area contributed by atoms with Crippen LogP contribution in [0.15, 0.2) is 11.4 Å². The van der Waals surface area contributed by atoms with Gasteiger partial charge in [-0.05, 0) is 39.8 Å². The van der Waals surface area contributed by atoms with Crippen molar-refractivity contribution in [3.05, 3.63) is 11.4 Å². The highest BCUT2D eigenvalue weighted by Gasteiger charge is 2.29. The molecule has 154 valence electrons. The van der Waals surface area contributed by atoms with E-state index >= 15 is 0 Å². The molecule has 3 aliphatic rings. The zero-order valence-electron chi connectivity index (χ0n) is 17.6. The normalized spacial score (nSPS) is 24.6. The molecule has 0 aromatic carbocycles. The predicted octanol–water partition coefficient (Wildman–Crippen LogP) is 0.985. The van der Waals surface area contributed by atoms with Crippen LogP contribution in [0.25, 0.3) is 0 Å². The number of nitrogens with zero attached hydrogens (tertiary/aromatic N) is 7. The van der Waals surface area contributed by atoms with E-state index in [-0.39, 0.29) is 5.57 Å². The van der Waals surface area contributed by atoms with Gasteiger partial charge in [-0.1, -0.05) is 0 Å². The Hall–Kier alpha value is -1.80. The van der Waals surface area contributed by atoms with Crippen molar-refractivity contribution in [2.75, 3.05) is 79.0 Å². The molecule has 1 unspecified atom stereocenters. The Balaban J connectivity index is 1.55. The Labute approximate surface area is 170 Å². The highest BCUT2D eigenvalue weighted by atomic mass is 15.4. The zero-order valence-corrected chi connectivity index (χ0v) is 17.6. The minimum atomic E-state index is 0.269. The van der Waals surface area contributed by atoms with Crippen molar-refractivity contribution in [2.24, 2.45) is 0 Å². The van der Waals surface area contributed by atoms with Crippen LogP contribution in [0.5, 0.6) is 0 Å². The Morgan fingerprint density at radius 1 is 0.893 bits per heavy atom. The molecule has 0 aromatic rings. The summed E-state index contributed by atoms with van der Waals surface area (Å²) >= 11 is 0. The van der Waals surface area contributed by atoms with Crippen molar-refractivity contribution < 1.29 is 0 Å². The largest absolute Gasteiger partial charge is 0.355 e. The summed E-state index contributed by atoms with van der Waals surface area (Å²) in [5.41, 5.74) is 0.269. The van der Waals surface area contributed by atoms with Gasteiger partial charge >= 0.3 is 0 Å². The van der Waals surface area contributed by atoms with Crippen molar-refractivity contribution in [1.82, 2.24) is 24.5 Å². The third-order valence-corrected chi connectivity index (χ3v) is 6.53. The van der Waals surface area contributed by atoms with Gasteiger partial charge in [-0.15, -0.1) is 0 Å². The fraction of sp³-hybridized carbons (Fsp3) is 0.810. The lowest BCUT2D eigenvalue weighted by atomic mass is 10.2. The second-order valence-electron chi connectivity index (χ2n) is 8.42. The van der Waals surface area contributed by atoms with Gasteiger partial charge < -0.3 is 19.6 Å². The highest BCUT2D eigenvalue weighted by Crippen LogP contribution is 2.23. The van der Waals surface area contributed by atoms with Gasteiger partial charge in [-0.2, -0.15) is 10.5 Å². The molecule has 0 radical (unpaired) electrons. The van der Waals surface area contributed by atoms with E-state index < -0.39 is 0 Å². The summed E-state index contributed by atoms with van der Waals surface area (Å²) in [4.78, 5) is 12.0. The van der Waals surface area contributed by atoms with Gasteiger partial charge in [0.2, 0.25) is 0 Å². The van der Waals surface area contributed by atoms with Crippen LogP contribution >= 0.6 is 0 Å². The van der Waals surface area contributed by atoms with E-state index in [1.54, 1.807) is 0 Å². The molecule has 3 heterocycles. The highest BCUT2D eigenvalue weighted by molar-refractivity contribution is 5.40. The van der Waals surface area contributed by atoms with Crippen molar-refractivity contribution in [1.29, 1.82) is 10.5 Å². The standard InChI is InChI=1S/C21H35N7/c1-19-5-3-6-26(19)7-4-8-27-15-16-28(21(27)20(17-22)18-23)14-13-25-11-9-24(2)10-12-25/h19H,3-16H2,1-2H3. The zero-order chi connectivity index (χ0) is 19.9. The maximum atomic E-state index is 9.49. The fourth-order valence-corrected chi connectivity index (χ4v) is 4.65. The molecule has 0 amide bonds. The number of hydrogen-bond donors (Lipinski definition) is 0. The van der Waals surface area contributed by atoms with Crippen molar-refractivity contribution in [3.63, 3.8) is 0 Å². The van der Waals surface area contributed by atoms with E-state index in [2.05, 4.69) is 50.6 Å². The third-order valence-electron chi connectivity index (χ3n) is 6.53. The predicted molar refractivity (Wildman–Crippen MR) is 110 cm³/mol. The molecule has 3 fully saturated rings. The Morgan fingerprint density at radius 2 is 1.57 bits per heavy atom. The van der Waals surface area contributed by atoms with Crippen LogP contribution in [-0.4, -0.2) is 110 Å². The van der Waals surface area contributed by atoms with E-state index in [1.165, 1.54) is 19.4 Å². The number of nitriles is 2. The molecule has 0 aromatic heterocycles. The molecule has 0 saturated carbocycles. The molecular formula is C21H35N7. The SMILES string of the molecule is CC1CCCN1CCCN1CCN(CCN2CCN(C)CC2)C1=C(C#N)C#N. The minimum absolute atomic E-state index is 0.269. The van der Waals surface area contributed by atoms with Crippen LogP contribution in [-0.2, 0) is 0 Å². The van der Waals surface area contributed by atoms with Gasteiger partial charge in [-0.3, -0.25) is 4.90 Å². The molecule has 3 rings (SSSR count). The maximum absolute atomic E-state index is 9.49. The summed E-state index contributed by atoms with van der Waals surface area (Å²) in [6.07, 6.45) is 3.70. The summed E-state index contributed by atoms with van der Waals surface area (Å²) in [7, 11) is 2.17. The quantitative estimate of drug-likeness (QED) is 0.606. The lowest BCUT2D eigenvalue weighted by Crippen LogP contribution is -2.46. The first-order valence-electron chi connectivity index (χ1n) is 10.8. The first kappa shape index (κ1) is 20.9. The maximum Gasteiger partial charge on any atom is 0.169 e. The number of likely N-dealkylation sites (N-methyl/N-ethyl adjacent to an activating group) is 1. The lowest BCUT2D eigenvalue weighted by molar-refractivity contribution is 0.143. The van der Waals surface area contributed by atoms with E-state index in [9.17, 15) is 10.5 Å². The van der Waals surface area contributed by atoms with Crippen molar-refractivity contribution >= 4 is 0 Å². The summed E-state index contributed by atoms with van der Waals surface area (Å²) < 4.78 is 0. The summed E-state index contributed by atoms with van der Waals surface area (Å²) in [6, 6.07) is 4.98. The first-order chi connectivity index (χ1) is 13.6. The monoisotopic (exact) mass is 385 g/mol. The molecule has 0 spiro atoms. The number of likely N-dealkylation sites (tertiary alicyclic amines) is 1. The number of allylic oxidation sites excluding steroid dienone is 1. The van der Waals surface area contributed by atoms with Gasteiger partial charge in [0.1, 0.15) is 18.0 Å². The van der Waals surface area contributed by atoms with Gasteiger partial charge in [0.05, 0.1) is 0 Å². The van der Waals surface area contributed by atoms with Crippen LogP contribution in [0.3, 0.4) is 0 Å². The van der Waals surface area contributed by atoms with Crippen LogP contribution in [0, 0.1) is 22.7 Å². The molecule has 3 aliphatic heterocycles. The second kappa shape index (κ2) is 10.1. The Kier molecular flexibility index (Phi) is 7.56. The molecule has 0 N–H and O–H groups in total. The van der Waals surface area contributed by atoms with Crippen LogP contribution < -0.4 is 0 Å². The molecule has 28 heavy (non-hydrogen) atoms. The molecule has 1 atom stereocenters. The second-order valence-corrected chi connectivity index (χ2v) is 8.42. The molecule has 0 aliphatic carbocycles. The van der Waals surface area contributed by atoms with Crippen LogP contribution in [0.2, 0.25) is 0 Å². The van der Waals surface area contributed by atoms with E-state index in [0.29, 0.717) is 6.04 Å². The van der Waals surface area contributed by atoms with Crippen molar-refractivity contribution in [3.8, 4) is 12.1 Å². The van der Waals surface area contributed by atoms with Gasteiger partial charge in [-0.25, -0.2) is 0 Å². The summed E-state index contributed by atoms with van der Waals surface area (Å²) in [5.74, 6) is 0.869. The minimum Gasteiger partial charge on any atom is -0.355 e. The Bertz CT molecular complexity index is 608. The number of rotatable bonds is 7.